The maximum absolute atomic E-state index is 10.7. The molecule has 0 spiro atoms. The zero-order valence-electron chi connectivity index (χ0n) is 11.5. The van der Waals surface area contributed by atoms with Crippen molar-refractivity contribution in [3.63, 3.8) is 0 Å². The van der Waals surface area contributed by atoms with Crippen LogP contribution >= 0.6 is 0 Å². The third-order valence-electron chi connectivity index (χ3n) is 2.53. The van der Waals surface area contributed by atoms with Gasteiger partial charge < -0.3 is 10.0 Å². The van der Waals surface area contributed by atoms with E-state index in [4.69, 9.17) is 10.3 Å². The number of hydroxylamine groups is 2. The minimum atomic E-state index is -0.981. The van der Waals surface area contributed by atoms with Gasteiger partial charge in [0.2, 0.25) is 5.91 Å². The van der Waals surface area contributed by atoms with Crippen molar-refractivity contribution in [2.24, 2.45) is 0 Å². The lowest BCUT2D eigenvalue weighted by Gasteiger charge is -2.05. The Hall–Kier alpha value is -2.48. The van der Waals surface area contributed by atoms with Gasteiger partial charge >= 0.3 is 5.97 Å². The number of amides is 3. The van der Waals surface area contributed by atoms with E-state index in [1.54, 1.807) is 11.1 Å². The van der Waals surface area contributed by atoms with E-state index in [-0.39, 0.29) is 23.8 Å². The fourth-order valence-electron chi connectivity index (χ4n) is 1.43. The third-order valence-corrected chi connectivity index (χ3v) is 2.53. The first-order chi connectivity index (χ1) is 9.83. The van der Waals surface area contributed by atoms with Gasteiger partial charge in [-0.25, -0.2) is 4.79 Å². The van der Waals surface area contributed by atoms with Crippen molar-refractivity contribution in [2.45, 2.75) is 25.7 Å². The van der Waals surface area contributed by atoms with Crippen molar-refractivity contribution in [2.75, 3.05) is 6.54 Å². The van der Waals surface area contributed by atoms with Crippen LogP contribution in [0.15, 0.2) is 25.4 Å². The van der Waals surface area contributed by atoms with Crippen molar-refractivity contribution in [1.29, 1.82) is 0 Å². The van der Waals surface area contributed by atoms with Gasteiger partial charge in [0.05, 0.1) is 0 Å². The summed E-state index contributed by atoms with van der Waals surface area (Å²) in [6, 6.07) is 0. The van der Waals surface area contributed by atoms with Crippen molar-refractivity contribution >= 4 is 23.7 Å². The monoisotopic (exact) mass is 298 g/mol. The first-order valence-corrected chi connectivity index (χ1v) is 6.15. The van der Waals surface area contributed by atoms with Crippen molar-refractivity contribution in [3.8, 4) is 0 Å². The van der Waals surface area contributed by atoms with Crippen molar-refractivity contribution in [3.05, 3.63) is 25.4 Å². The summed E-state index contributed by atoms with van der Waals surface area (Å²) in [4.78, 5) is 42.0. The van der Waals surface area contributed by atoms with Gasteiger partial charge in [0, 0.05) is 31.9 Å². The number of rotatable bonds is 2. The lowest BCUT2D eigenvalue weighted by Crippen LogP contribution is -2.24. The largest absolute Gasteiger partial charge is 0.478 e. The molecule has 2 aliphatic heterocycles. The van der Waals surface area contributed by atoms with Crippen LogP contribution in [0.1, 0.15) is 25.7 Å². The molecule has 2 fully saturated rings. The Bertz CT molecular complexity index is 422. The zero-order valence-corrected chi connectivity index (χ0v) is 11.5. The second-order valence-corrected chi connectivity index (χ2v) is 4.01. The van der Waals surface area contributed by atoms with Gasteiger partial charge in [-0.2, -0.15) is 5.06 Å². The SMILES string of the molecule is C=CC(=O)O.C=CN1CCCC1=O.O=C1CCC(=O)N1O. The van der Waals surface area contributed by atoms with Crippen LogP contribution in [0.2, 0.25) is 0 Å². The topological polar surface area (TPSA) is 115 Å². The second kappa shape index (κ2) is 9.43. The predicted molar refractivity (Wildman–Crippen MR) is 71.9 cm³/mol. The number of imide groups is 1. The van der Waals surface area contributed by atoms with Crippen molar-refractivity contribution < 1.29 is 29.5 Å². The van der Waals surface area contributed by atoms with Crippen LogP contribution in [-0.2, 0) is 19.2 Å². The summed E-state index contributed by atoms with van der Waals surface area (Å²) in [6.45, 7) is 7.32. The van der Waals surface area contributed by atoms with Crippen LogP contribution in [0.4, 0.5) is 0 Å². The highest BCUT2D eigenvalue weighted by Crippen LogP contribution is 2.08. The van der Waals surface area contributed by atoms with Crippen LogP contribution in [0.25, 0.3) is 0 Å². The van der Waals surface area contributed by atoms with E-state index >= 15 is 0 Å². The quantitative estimate of drug-likeness (QED) is 0.436. The molecule has 0 bridgehead atoms. The molecule has 2 N–H and O–H groups in total. The number of likely N-dealkylation sites (tertiary alicyclic amines) is 1. The molecule has 2 heterocycles. The van der Waals surface area contributed by atoms with Gasteiger partial charge in [-0.15, -0.1) is 0 Å². The van der Waals surface area contributed by atoms with Crippen molar-refractivity contribution in [1.82, 2.24) is 9.96 Å². The maximum atomic E-state index is 10.7. The fraction of sp³-hybridized carbons (Fsp3) is 0.385. The molecule has 0 aromatic carbocycles. The van der Waals surface area contributed by atoms with E-state index in [9.17, 15) is 19.2 Å². The number of aliphatic carboxylic acids is 1. The zero-order chi connectivity index (χ0) is 16.4. The number of carbonyl (C=O) groups excluding carboxylic acids is 3. The summed E-state index contributed by atoms with van der Waals surface area (Å²) in [5.74, 6) is -1.78. The van der Waals surface area contributed by atoms with Crippen LogP contribution < -0.4 is 0 Å². The summed E-state index contributed by atoms with van der Waals surface area (Å²) >= 11 is 0. The molecule has 0 aliphatic carbocycles. The molecule has 8 nitrogen and oxygen atoms in total. The van der Waals surface area contributed by atoms with E-state index in [1.807, 2.05) is 0 Å². The molecular formula is C13H18N2O6. The van der Waals surface area contributed by atoms with E-state index in [1.165, 1.54) is 0 Å². The molecule has 0 saturated carbocycles. The summed E-state index contributed by atoms with van der Waals surface area (Å²) in [7, 11) is 0. The first-order valence-electron chi connectivity index (χ1n) is 6.15. The van der Waals surface area contributed by atoms with Crippen LogP contribution in [0.3, 0.4) is 0 Å². The first kappa shape index (κ1) is 18.5. The standard InChI is InChI=1S/C6H9NO.C4H5NO3.C3H4O2/c1-2-7-5-3-4-6(7)8;6-3-1-2-4(7)5(3)8;1-2-3(4)5/h2H,1,3-5H2;8H,1-2H2;2H,1H2,(H,4,5). The van der Waals surface area contributed by atoms with Gasteiger partial charge in [0.15, 0.2) is 0 Å². The Kier molecular flexibility index (Phi) is 8.31. The van der Waals surface area contributed by atoms with Gasteiger partial charge in [-0.05, 0) is 12.6 Å². The number of carboxylic acid groups (broad SMARTS) is 1. The van der Waals surface area contributed by atoms with E-state index < -0.39 is 17.8 Å². The van der Waals surface area contributed by atoms with Gasteiger partial charge in [0.25, 0.3) is 11.8 Å². The molecule has 3 amide bonds. The lowest BCUT2D eigenvalue weighted by atomic mass is 10.4. The molecule has 2 rings (SSSR count). The molecule has 0 atom stereocenters. The molecule has 0 aromatic heterocycles. The number of hydrogen-bond acceptors (Lipinski definition) is 5. The molecule has 0 aromatic rings. The molecular weight excluding hydrogens is 280 g/mol. The third kappa shape index (κ3) is 7.02. The van der Waals surface area contributed by atoms with Crippen LogP contribution in [0.5, 0.6) is 0 Å². The summed E-state index contributed by atoms with van der Waals surface area (Å²) in [5, 5.41) is 16.2. The van der Waals surface area contributed by atoms with Crippen LogP contribution in [0, 0.1) is 0 Å². The van der Waals surface area contributed by atoms with Gasteiger partial charge in [-0.3, -0.25) is 19.6 Å². The Morgan fingerprint density at radius 1 is 1.05 bits per heavy atom. The highest BCUT2D eigenvalue weighted by Gasteiger charge is 2.26. The minimum Gasteiger partial charge on any atom is -0.478 e. The average Bonchev–Trinajstić information content (AvgIpc) is 3.01. The van der Waals surface area contributed by atoms with E-state index in [2.05, 4.69) is 13.2 Å². The van der Waals surface area contributed by atoms with E-state index in [0.717, 1.165) is 19.0 Å². The fourth-order valence-corrected chi connectivity index (χ4v) is 1.43. The Morgan fingerprint density at radius 3 is 1.67 bits per heavy atom. The summed E-state index contributed by atoms with van der Waals surface area (Å²) < 4.78 is 0. The molecule has 2 saturated heterocycles. The summed E-state index contributed by atoms with van der Waals surface area (Å²) in [5.41, 5.74) is 0. The predicted octanol–water partition coefficient (Wildman–Crippen LogP) is 0.534. The maximum Gasteiger partial charge on any atom is 0.327 e. The number of carbonyl (C=O) groups is 4. The van der Waals surface area contributed by atoms with Gasteiger partial charge in [0.1, 0.15) is 0 Å². The molecule has 0 unspecified atom stereocenters. The minimum absolute atomic E-state index is 0.148. The Morgan fingerprint density at radius 2 is 1.52 bits per heavy atom. The second-order valence-electron chi connectivity index (χ2n) is 4.01. The van der Waals surface area contributed by atoms with Crippen LogP contribution in [-0.4, -0.2) is 50.5 Å². The number of hydrogen-bond donors (Lipinski definition) is 2. The molecule has 21 heavy (non-hydrogen) atoms. The average molecular weight is 298 g/mol. The Labute approximate surface area is 121 Å². The van der Waals surface area contributed by atoms with E-state index in [0.29, 0.717) is 6.42 Å². The number of nitrogens with zero attached hydrogens (tertiary/aromatic N) is 2. The summed E-state index contributed by atoms with van der Waals surface area (Å²) in [6.07, 6.45) is 4.41. The Balaban J connectivity index is 0.000000296. The van der Waals surface area contributed by atoms with Gasteiger partial charge in [-0.1, -0.05) is 13.2 Å². The highest BCUT2D eigenvalue weighted by molar-refractivity contribution is 6.00. The molecule has 116 valence electrons. The normalized spacial score (nSPS) is 16.7. The molecule has 2 aliphatic rings. The smallest absolute Gasteiger partial charge is 0.327 e. The highest BCUT2D eigenvalue weighted by atomic mass is 16.5. The molecule has 8 heteroatoms. The number of carboxylic acids is 1. The molecule has 0 radical (unpaired) electrons. The lowest BCUT2D eigenvalue weighted by molar-refractivity contribution is -0.171.